The highest BCUT2D eigenvalue weighted by Crippen LogP contribution is 2.33. The summed E-state index contributed by atoms with van der Waals surface area (Å²) in [6.45, 7) is 4.56. The lowest BCUT2D eigenvalue weighted by Crippen LogP contribution is -2.51. The Morgan fingerprint density at radius 1 is 1.23 bits per heavy atom. The molecule has 4 rings (SSSR count). The first kappa shape index (κ1) is 21.7. The van der Waals surface area contributed by atoms with Crippen molar-refractivity contribution in [1.29, 1.82) is 0 Å². The van der Waals surface area contributed by atoms with Crippen LogP contribution in [0.1, 0.15) is 31.4 Å². The van der Waals surface area contributed by atoms with E-state index in [0.29, 0.717) is 44.8 Å². The van der Waals surface area contributed by atoms with E-state index in [0.717, 1.165) is 12.1 Å². The molecule has 1 aromatic carbocycles. The maximum atomic E-state index is 13.9. The van der Waals surface area contributed by atoms with Crippen molar-refractivity contribution in [1.82, 2.24) is 15.5 Å². The molecule has 0 bridgehead atoms. The van der Waals surface area contributed by atoms with Gasteiger partial charge in [0.25, 0.3) is 0 Å². The summed E-state index contributed by atoms with van der Waals surface area (Å²) in [6.07, 6.45) is 1.35. The fraction of sp³-hybridized carbons (Fsp3) is 0.524. The molecule has 1 spiro atoms. The lowest BCUT2D eigenvalue weighted by molar-refractivity contribution is -0.184. The van der Waals surface area contributed by atoms with Gasteiger partial charge in [-0.05, 0) is 24.6 Å². The van der Waals surface area contributed by atoms with E-state index in [2.05, 4.69) is 15.5 Å². The number of esters is 1. The first-order chi connectivity index (χ1) is 14.9. The number of hydrogen-bond donors (Lipinski definition) is 2. The van der Waals surface area contributed by atoms with E-state index in [1.165, 1.54) is 6.07 Å². The number of urea groups is 1. The highest BCUT2D eigenvalue weighted by molar-refractivity contribution is 5.95. The highest BCUT2D eigenvalue weighted by atomic mass is 19.2. The summed E-state index contributed by atoms with van der Waals surface area (Å²) >= 11 is 0. The molecule has 10 heteroatoms. The van der Waals surface area contributed by atoms with Gasteiger partial charge >= 0.3 is 12.0 Å². The van der Waals surface area contributed by atoms with Crippen LogP contribution in [-0.4, -0.2) is 62.1 Å². The smallest absolute Gasteiger partial charge is 0.338 e. The molecular weight excluding hydrogens is 412 g/mol. The van der Waals surface area contributed by atoms with Crippen LogP contribution in [0.4, 0.5) is 13.6 Å². The Balaban J connectivity index is 1.61. The zero-order chi connectivity index (χ0) is 22.0. The quantitative estimate of drug-likeness (QED) is 0.685. The number of nitrogens with one attached hydrogen (secondary N) is 2. The molecule has 31 heavy (non-hydrogen) atoms. The predicted octanol–water partition coefficient (Wildman–Crippen LogP) is 1.97. The molecule has 0 saturated carbocycles. The zero-order valence-corrected chi connectivity index (χ0v) is 17.2. The molecule has 2 saturated heterocycles. The van der Waals surface area contributed by atoms with Gasteiger partial charge in [-0.25, -0.2) is 18.4 Å². The van der Waals surface area contributed by atoms with Gasteiger partial charge in [-0.3, -0.25) is 4.90 Å². The van der Waals surface area contributed by atoms with Gasteiger partial charge in [-0.15, -0.1) is 0 Å². The lowest BCUT2D eigenvalue weighted by Gasteiger charge is -2.39. The van der Waals surface area contributed by atoms with Crippen LogP contribution in [0.2, 0.25) is 0 Å². The summed E-state index contributed by atoms with van der Waals surface area (Å²) in [5.41, 5.74) is 0.793. The van der Waals surface area contributed by atoms with E-state index in [4.69, 9.17) is 14.2 Å². The van der Waals surface area contributed by atoms with Crippen molar-refractivity contribution in [2.75, 3.05) is 39.5 Å². The van der Waals surface area contributed by atoms with E-state index >= 15 is 0 Å². The van der Waals surface area contributed by atoms with Crippen molar-refractivity contribution < 1.29 is 32.6 Å². The van der Waals surface area contributed by atoms with Crippen molar-refractivity contribution >= 4 is 12.0 Å². The van der Waals surface area contributed by atoms with Crippen molar-refractivity contribution in [2.24, 2.45) is 0 Å². The number of benzene rings is 1. The maximum Gasteiger partial charge on any atom is 0.338 e. The third-order valence-corrected chi connectivity index (χ3v) is 5.74. The fourth-order valence-electron chi connectivity index (χ4n) is 4.20. The molecule has 3 aliphatic heterocycles. The Morgan fingerprint density at radius 2 is 1.94 bits per heavy atom. The summed E-state index contributed by atoms with van der Waals surface area (Å²) < 4.78 is 44.0. The molecule has 0 aliphatic carbocycles. The number of piperidine rings is 1. The molecule has 2 amide bonds. The SMILES string of the molecule is CCOC(=O)C1=C(CN2CCC3(CC2)OCCO3)NC(=O)N[C@@H]1c1ccc(F)c(F)c1. The zero-order valence-electron chi connectivity index (χ0n) is 17.2. The Bertz CT molecular complexity index is 891. The van der Waals surface area contributed by atoms with Crippen molar-refractivity contribution in [3.05, 3.63) is 46.7 Å². The number of rotatable bonds is 5. The topological polar surface area (TPSA) is 89.1 Å². The van der Waals surface area contributed by atoms with Crippen molar-refractivity contribution in [3.63, 3.8) is 0 Å². The summed E-state index contributed by atoms with van der Waals surface area (Å²) in [6, 6.07) is 1.78. The van der Waals surface area contributed by atoms with Crippen LogP contribution in [0.3, 0.4) is 0 Å². The second-order valence-corrected chi connectivity index (χ2v) is 7.70. The van der Waals surface area contributed by atoms with Gasteiger partial charge in [0.1, 0.15) is 0 Å². The monoisotopic (exact) mass is 437 g/mol. The second kappa shape index (κ2) is 8.89. The molecule has 168 valence electrons. The Kier molecular flexibility index (Phi) is 6.22. The van der Waals surface area contributed by atoms with Gasteiger partial charge in [-0.2, -0.15) is 0 Å². The number of halogens is 2. The minimum absolute atomic E-state index is 0.134. The molecule has 2 fully saturated rings. The average Bonchev–Trinajstić information content (AvgIpc) is 3.20. The summed E-state index contributed by atoms with van der Waals surface area (Å²) in [7, 11) is 0. The Morgan fingerprint density at radius 3 is 2.58 bits per heavy atom. The van der Waals surface area contributed by atoms with Crippen LogP contribution in [0.5, 0.6) is 0 Å². The highest BCUT2D eigenvalue weighted by Gasteiger charge is 2.41. The van der Waals surface area contributed by atoms with Crippen LogP contribution >= 0.6 is 0 Å². The third kappa shape index (κ3) is 4.56. The van der Waals surface area contributed by atoms with Crippen molar-refractivity contribution in [2.45, 2.75) is 31.6 Å². The minimum Gasteiger partial charge on any atom is -0.463 e. The number of amides is 2. The first-order valence-corrected chi connectivity index (χ1v) is 10.3. The largest absolute Gasteiger partial charge is 0.463 e. The van der Waals surface area contributed by atoms with Gasteiger partial charge in [-0.1, -0.05) is 6.07 Å². The predicted molar refractivity (Wildman–Crippen MR) is 105 cm³/mol. The molecule has 0 unspecified atom stereocenters. The van der Waals surface area contributed by atoms with E-state index in [9.17, 15) is 18.4 Å². The molecule has 0 aromatic heterocycles. The van der Waals surface area contributed by atoms with Gasteiger partial charge in [0, 0.05) is 38.2 Å². The van der Waals surface area contributed by atoms with Crippen LogP contribution in [0.25, 0.3) is 0 Å². The van der Waals surface area contributed by atoms with E-state index in [1.807, 2.05) is 0 Å². The number of ether oxygens (including phenoxy) is 3. The fourth-order valence-corrected chi connectivity index (χ4v) is 4.20. The molecule has 3 heterocycles. The van der Waals surface area contributed by atoms with Crippen LogP contribution in [-0.2, 0) is 19.0 Å². The van der Waals surface area contributed by atoms with Crippen LogP contribution < -0.4 is 10.6 Å². The van der Waals surface area contributed by atoms with Crippen LogP contribution in [0, 0.1) is 11.6 Å². The molecule has 0 radical (unpaired) electrons. The number of carbonyl (C=O) groups excluding carboxylic acids is 2. The maximum absolute atomic E-state index is 13.9. The summed E-state index contributed by atoms with van der Waals surface area (Å²) in [5, 5.41) is 5.32. The van der Waals surface area contributed by atoms with E-state index in [-0.39, 0.29) is 24.3 Å². The van der Waals surface area contributed by atoms with Gasteiger partial charge < -0.3 is 24.8 Å². The molecule has 2 N–H and O–H groups in total. The standard InChI is InChI=1S/C21H25F2N3O5/c1-2-29-19(27)17-16(12-26-7-5-21(6-8-26)30-9-10-31-21)24-20(28)25-18(17)13-3-4-14(22)15(23)11-13/h3-4,11,18H,2,5-10,12H2,1H3,(H2,24,25,28)/t18-/m1/s1. The second-order valence-electron chi connectivity index (χ2n) is 7.70. The Labute approximate surface area is 178 Å². The number of hydrogen-bond acceptors (Lipinski definition) is 6. The van der Waals surface area contributed by atoms with E-state index < -0.39 is 35.5 Å². The van der Waals surface area contributed by atoms with Crippen molar-refractivity contribution in [3.8, 4) is 0 Å². The molecule has 3 aliphatic rings. The molecule has 1 atom stereocenters. The summed E-state index contributed by atoms with van der Waals surface area (Å²) in [4.78, 5) is 27.2. The lowest BCUT2D eigenvalue weighted by atomic mass is 9.94. The van der Waals surface area contributed by atoms with Gasteiger partial charge in [0.15, 0.2) is 17.4 Å². The van der Waals surface area contributed by atoms with Crippen LogP contribution in [0.15, 0.2) is 29.5 Å². The summed E-state index contributed by atoms with van der Waals surface area (Å²) in [5.74, 6) is -3.24. The Hall–Kier alpha value is -2.56. The third-order valence-electron chi connectivity index (χ3n) is 5.74. The molecule has 1 aromatic rings. The first-order valence-electron chi connectivity index (χ1n) is 10.3. The van der Waals surface area contributed by atoms with E-state index in [1.54, 1.807) is 6.92 Å². The van der Waals surface area contributed by atoms with Gasteiger partial charge in [0.05, 0.1) is 31.4 Å². The van der Waals surface area contributed by atoms with Gasteiger partial charge in [0.2, 0.25) is 0 Å². The number of likely N-dealkylation sites (tertiary alicyclic amines) is 1. The number of nitrogens with zero attached hydrogens (tertiary/aromatic N) is 1. The molecular formula is C21H25F2N3O5. The average molecular weight is 437 g/mol. The number of carbonyl (C=O) groups is 2. The molecule has 8 nitrogen and oxygen atoms in total. The minimum atomic E-state index is -1.06. The normalized spacial score (nSPS) is 23.6.